The molecule has 0 atom stereocenters. The van der Waals surface area contributed by atoms with Gasteiger partial charge in [-0.1, -0.05) is 12.1 Å². The number of rotatable bonds is 15. The number of benzene rings is 1. The van der Waals surface area contributed by atoms with Crippen LogP contribution in [0.25, 0.3) is 16.9 Å². The van der Waals surface area contributed by atoms with Gasteiger partial charge in [-0.05, 0) is 96.8 Å². The topological polar surface area (TPSA) is 140 Å². The second-order valence-corrected chi connectivity index (χ2v) is 14.1. The molecule has 0 spiro atoms. The molecular weight excluding hydrogens is 636 g/mol. The van der Waals surface area contributed by atoms with E-state index in [1.807, 2.05) is 32.9 Å². The first-order valence-electron chi connectivity index (χ1n) is 17.3. The summed E-state index contributed by atoms with van der Waals surface area (Å²) in [6.07, 6.45) is 6.25. The van der Waals surface area contributed by atoms with Crippen LogP contribution in [0.1, 0.15) is 59.6 Å². The summed E-state index contributed by atoms with van der Waals surface area (Å²) in [6.45, 7) is 18.5. The Morgan fingerprint density at radius 2 is 1.74 bits per heavy atom. The second-order valence-electron chi connectivity index (χ2n) is 14.1. The Morgan fingerprint density at radius 3 is 2.42 bits per heavy atom. The molecule has 3 aromatic heterocycles. The lowest BCUT2D eigenvalue weighted by Gasteiger charge is -2.36. The molecule has 5 rings (SSSR count). The SMILES string of the molecule is C=CCn1c(=O)c2cnc(Nc3ccc(N4CCN(CCCCCOCC(=O)OC(C)(C)C)CC4)cc3)nc2n1-c1cccc(C(C)(C)O)n1. The van der Waals surface area contributed by atoms with Gasteiger partial charge in [-0.2, -0.15) is 4.98 Å². The standard InChI is InChI=1S/C37H50N8O5/c1-7-18-44-34(47)29-25-38-35(41-33(29)45(44)31-13-11-12-30(40-31)37(5,6)48)39-27-14-16-28(17-15-27)43-22-20-42(21-23-43)19-9-8-10-24-49-26-32(46)50-36(2,3)4/h7,11-17,25,48H,1,8-10,18-24,26H2,2-6H3,(H,38,39,41). The van der Waals surface area contributed by atoms with Gasteiger partial charge >= 0.3 is 5.97 Å². The molecule has 0 aliphatic carbocycles. The largest absolute Gasteiger partial charge is 0.458 e. The van der Waals surface area contributed by atoms with E-state index in [0.717, 1.165) is 63.4 Å². The minimum Gasteiger partial charge on any atom is -0.458 e. The normalized spacial score (nSPS) is 14.2. The summed E-state index contributed by atoms with van der Waals surface area (Å²) in [6, 6.07) is 13.5. The third-order valence-corrected chi connectivity index (χ3v) is 8.32. The van der Waals surface area contributed by atoms with Crippen LogP contribution in [0, 0.1) is 0 Å². The van der Waals surface area contributed by atoms with E-state index in [1.165, 1.54) is 10.9 Å². The minimum atomic E-state index is -1.16. The van der Waals surface area contributed by atoms with Crippen LogP contribution >= 0.6 is 0 Å². The van der Waals surface area contributed by atoms with Gasteiger partial charge in [0.2, 0.25) is 5.95 Å². The number of pyridine rings is 1. The molecular formula is C37H50N8O5. The van der Waals surface area contributed by atoms with Gasteiger partial charge in [0.25, 0.3) is 5.56 Å². The van der Waals surface area contributed by atoms with Crippen molar-refractivity contribution in [2.75, 3.05) is 56.2 Å². The molecule has 0 bridgehead atoms. The average Bonchev–Trinajstić information content (AvgIpc) is 3.34. The quantitative estimate of drug-likeness (QED) is 0.101. The maximum absolute atomic E-state index is 13.3. The molecule has 1 aliphatic heterocycles. The Kier molecular flexibility index (Phi) is 11.7. The van der Waals surface area contributed by atoms with Crippen LogP contribution in [0.5, 0.6) is 0 Å². The van der Waals surface area contributed by atoms with E-state index in [1.54, 1.807) is 42.8 Å². The number of carbonyl (C=O) groups is 1. The van der Waals surface area contributed by atoms with Crippen molar-refractivity contribution in [2.45, 2.75) is 71.6 Å². The van der Waals surface area contributed by atoms with Gasteiger partial charge in [-0.25, -0.2) is 24.1 Å². The Hall–Kier alpha value is -4.59. The first-order chi connectivity index (χ1) is 23.8. The van der Waals surface area contributed by atoms with Crippen LogP contribution in [-0.4, -0.2) is 91.8 Å². The number of hydrogen-bond donors (Lipinski definition) is 2. The summed E-state index contributed by atoms with van der Waals surface area (Å²) in [5.74, 6) is 0.479. The lowest BCUT2D eigenvalue weighted by Crippen LogP contribution is -2.46. The number of nitrogens with one attached hydrogen (secondary N) is 1. The maximum Gasteiger partial charge on any atom is 0.332 e. The summed E-state index contributed by atoms with van der Waals surface area (Å²) < 4.78 is 13.9. The molecule has 50 heavy (non-hydrogen) atoms. The van der Waals surface area contributed by atoms with E-state index in [4.69, 9.17) is 14.5 Å². The highest BCUT2D eigenvalue weighted by atomic mass is 16.6. The molecule has 0 radical (unpaired) electrons. The molecule has 0 unspecified atom stereocenters. The van der Waals surface area contributed by atoms with Crippen molar-refractivity contribution < 1.29 is 19.4 Å². The minimum absolute atomic E-state index is 0.00708. The molecule has 1 saturated heterocycles. The summed E-state index contributed by atoms with van der Waals surface area (Å²) in [4.78, 5) is 43.8. The zero-order chi connectivity index (χ0) is 35.9. The smallest absolute Gasteiger partial charge is 0.332 e. The Labute approximate surface area is 293 Å². The van der Waals surface area contributed by atoms with Crippen LogP contribution in [0.4, 0.5) is 17.3 Å². The maximum atomic E-state index is 13.3. The van der Waals surface area contributed by atoms with Crippen LogP contribution in [0.2, 0.25) is 0 Å². The molecule has 1 aromatic carbocycles. The first-order valence-corrected chi connectivity index (χ1v) is 17.3. The van der Waals surface area contributed by atoms with Crippen LogP contribution in [0.15, 0.2) is 66.1 Å². The number of unbranched alkanes of at least 4 members (excludes halogenated alkanes) is 2. The zero-order valence-corrected chi connectivity index (χ0v) is 29.9. The number of hydrogen-bond acceptors (Lipinski definition) is 11. The van der Waals surface area contributed by atoms with Crippen molar-refractivity contribution in [1.29, 1.82) is 0 Å². The van der Waals surface area contributed by atoms with Crippen molar-refractivity contribution in [1.82, 2.24) is 29.2 Å². The molecule has 13 heteroatoms. The number of piperazine rings is 1. The highest BCUT2D eigenvalue weighted by molar-refractivity contribution is 5.77. The van der Waals surface area contributed by atoms with Gasteiger partial charge in [-0.3, -0.25) is 9.69 Å². The Balaban J connectivity index is 1.14. The number of ether oxygens (including phenoxy) is 2. The van der Waals surface area contributed by atoms with Gasteiger partial charge in [0, 0.05) is 50.4 Å². The van der Waals surface area contributed by atoms with E-state index in [0.29, 0.717) is 35.1 Å². The third kappa shape index (κ3) is 9.55. The fraction of sp³-hybridized carbons (Fsp3) is 0.486. The Morgan fingerprint density at radius 1 is 1.00 bits per heavy atom. The average molecular weight is 687 g/mol. The molecule has 1 aliphatic rings. The highest BCUT2D eigenvalue weighted by Crippen LogP contribution is 2.24. The van der Waals surface area contributed by atoms with Crippen LogP contribution < -0.4 is 15.8 Å². The van der Waals surface area contributed by atoms with E-state index in [-0.39, 0.29) is 24.7 Å². The van der Waals surface area contributed by atoms with E-state index in [9.17, 15) is 14.7 Å². The van der Waals surface area contributed by atoms with Crippen molar-refractivity contribution in [3.05, 3.63) is 77.4 Å². The molecule has 2 N–H and O–H groups in total. The number of esters is 1. The number of allylic oxidation sites excluding steroid dienone is 1. The molecule has 13 nitrogen and oxygen atoms in total. The number of aliphatic hydroxyl groups is 1. The fourth-order valence-corrected chi connectivity index (χ4v) is 5.85. The summed E-state index contributed by atoms with van der Waals surface area (Å²) in [7, 11) is 0. The third-order valence-electron chi connectivity index (χ3n) is 8.32. The fourth-order valence-electron chi connectivity index (χ4n) is 5.85. The predicted molar refractivity (Wildman–Crippen MR) is 195 cm³/mol. The molecule has 4 heterocycles. The van der Waals surface area contributed by atoms with Crippen molar-refractivity contribution >= 4 is 34.3 Å². The highest BCUT2D eigenvalue weighted by Gasteiger charge is 2.22. The van der Waals surface area contributed by atoms with Crippen LogP contribution in [0.3, 0.4) is 0 Å². The van der Waals surface area contributed by atoms with Crippen molar-refractivity contribution in [3.63, 3.8) is 0 Å². The van der Waals surface area contributed by atoms with Gasteiger partial charge in [0.1, 0.15) is 23.2 Å². The molecule has 1 fully saturated rings. The monoisotopic (exact) mass is 686 g/mol. The van der Waals surface area contributed by atoms with Crippen molar-refractivity contribution in [2.24, 2.45) is 0 Å². The van der Waals surface area contributed by atoms with Gasteiger partial charge in [0.15, 0.2) is 11.5 Å². The number of carbonyl (C=O) groups excluding carboxylic acids is 1. The molecule has 0 saturated carbocycles. The summed E-state index contributed by atoms with van der Waals surface area (Å²) in [5.41, 5.74) is 0.945. The van der Waals surface area contributed by atoms with Crippen LogP contribution in [-0.2, 0) is 26.4 Å². The summed E-state index contributed by atoms with van der Waals surface area (Å²) in [5, 5.41) is 14.2. The second kappa shape index (κ2) is 16.0. The van der Waals surface area contributed by atoms with Gasteiger partial charge < -0.3 is 24.8 Å². The van der Waals surface area contributed by atoms with E-state index >= 15 is 0 Å². The van der Waals surface area contributed by atoms with Crippen molar-refractivity contribution in [3.8, 4) is 5.82 Å². The lowest BCUT2D eigenvalue weighted by atomic mass is 10.1. The lowest BCUT2D eigenvalue weighted by molar-refractivity contribution is -0.160. The number of anilines is 3. The number of aromatic nitrogens is 5. The van der Waals surface area contributed by atoms with Gasteiger partial charge in [0.05, 0.1) is 12.2 Å². The van der Waals surface area contributed by atoms with E-state index < -0.39 is 11.2 Å². The van der Waals surface area contributed by atoms with E-state index in [2.05, 4.69) is 43.8 Å². The number of nitrogens with zero attached hydrogens (tertiary/aromatic N) is 7. The predicted octanol–water partition coefficient (Wildman–Crippen LogP) is 4.78. The summed E-state index contributed by atoms with van der Waals surface area (Å²) >= 11 is 0. The molecule has 268 valence electrons. The Bertz CT molecular complexity index is 1810. The zero-order valence-electron chi connectivity index (χ0n) is 29.9. The number of fused-ring (bicyclic) bond motifs is 1. The molecule has 0 amide bonds. The molecule has 4 aromatic rings. The van der Waals surface area contributed by atoms with Gasteiger partial charge in [-0.15, -0.1) is 6.58 Å². The first kappa shape index (κ1) is 36.7.